The number of fused-ring (bicyclic) bond motifs is 1. The highest BCUT2D eigenvalue weighted by Gasteiger charge is 2.33. The van der Waals surface area contributed by atoms with Gasteiger partial charge in [-0.15, -0.1) is 0 Å². The Balaban J connectivity index is 1.32. The Labute approximate surface area is 188 Å². The third-order valence-electron chi connectivity index (χ3n) is 6.11. The Morgan fingerprint density at radius 3 is 2.34 bits per heavy atom. The lowest BCUT2D eigenvalue weighted by Crippen LogP contribution is -2.52. The number of piperidine rings is 1. The molecule has 0 bridgehead atoms. The van der Waals surface area contributed by atoms with Gasteiger partial charge in [0.2, 0.25) is 5.91 Å². The summed E-state index contributed by atoms with van der Waals surface area (Å²) in [7, 11) is 0. The van der Waals surface area contributed by atoms with E-state index in [1.54, 1.807) is 17.2 Å². The second kappa shape index (κ2) is 8.92. The molecular formula is C24H31FN4O3. The van der Waals surface area contributed by atoms with E-state index in [4.69, 9.17) is 4.74 Å². The molecule has 0 N–H and O–H groups in total. The van der Waals surface area contributed by atoms with Crippen LogP contribution in [0.25, 0.3) is 10.9 Å². The van der Waals surface area contributed by atoms with Gasteiger partial charge in [-0.2, -0.15) is 0 Å². The molecule has 2 saturated heterocycles. The molecule has 2 amide bonds. The van der Waals surface area contributed by atoms with Crippen molar-refractivity contribution in [3.8, 4) is 0 Å². The van der Waals surface area contributed by atoms with Crippen LogP contribution in [0, 0.1) is 11.7 Å². The maximum Gasteiger partial charge on any atom is 0.410 e. The van der Waals surface area contributed by atoms with E-state index < -0.39 is 5.60 Å². The Bertz CT molecular complexity index is 990. The van der Waals surface area contributed by atoms with E-state index in [-0.39, 0.29) is 23.7 Å². The molecule has 0 aliphatic carbocycles. The van der Waals surface area contributed by atoms with Crippen LogP contribution < -0.4 is 4.90 Å². The van der Waals surface area contributed by atoms with Crippen LogP contribution in [-0.2, 0) is 9.53 Å². The molecule has 0 spiro atoms. The van der Waals surface area contributed by atoms with Gasteiger partial charge in [0.05, 0.1) is 5.52 Å². The molecule has 2 fully saturated rings. The van der Waals surface area contributed by atoms with Gasteiger partial charge in [-0.25, -0.2) is 9.18 Å². The summed E-state index contributed by atoms with van der Waals surface area (Å²) in [5, 5.41) is 0.920. The Hall–Kier alpha value is -2.90. The SMILES string of the molecule is CC(C)(C)OC(=O)N1CCC(C(=O)N2CCN(c3ccnc4cc(F)ccc34)CC2)CC1. The van der Waals surface area contributed by atoms with Crippen LogP contribution in [0.4, 0.5) is 14.9 Å². The molecule has 0 radical (unpaired) electrons. The number of halogens is 1. The molecule has 32 heavy (non-hydrogen) atoms. The summed E-state index contributed by atoms with van der Waals surface area (Å²) < 4.78 is 19.0. The number of rotatable bonds is 2. The number of anilines is 1. The molecule has 172 valence electrons. The lowest BCUT2D eigenvalue weighted by Gasteiger charge is -2.39. The molecule has 3 heterocycles. The first-order valence-electron chi connectivity index (χ1n) is 11.3. The normalized spacial score (nSPS) is 18.2. The van der Waals surface area contributed by atoms with Crippen LogP contribution in [0.3, 0.4) is 0 Å². The minimum atomic E-state index is -0.516. The Morgan fingerprint density at radius 1 is 1.00 bits per heavy atom. The standard InChI is InChI=1S/C24H31FN4O3/c1-24(2,3)32-23(31)29-10-7-17(8-11-29)22(30)28-14-12-27(13-15-28)21-6-9-26-20-16-18(25)4-5-19(20)21/h4-6,9,16-17H,7-8,10-15H2,1-3H3. The number of amides is 2. The maximum atomic E-state index is 13.5. The quantitative estimate of drug-likeness (QED) is 0.710. The number of nitrogens with zero attached hydrogens (tertiary/aromatic N) is 4. The lowest BCUT2D eigenvalue weighted by molar-refractivity contribution is -0.137. The summed E-state index contributed by atoms with van der Waals surface area (Å²) in [4.78, 5) is 35.5. The molecule has 2 aliphatic rings. The van der Waals surface area contributed by atoms with Crippen molar-refractivity contribution in [1.82, 2.24) is 14.8 Å². The Kier molecular flexibility index (Phi) is 6.22. The summed E-state index contributed by atoms with van der Waals surface area (Å²) in [6.07, 6.45) is 2.73. The van der Waals surface area contributed by atoms with E-state index >= 15 is 0 Å². The van der Waals surface area contributed by atoms with E-state index in [1.807, 2.05) is 31.7 Å². The number of ether oxygens (including phenoxy) is 1. The lowest BCUT2D eigenvalue weighted by atomic mass is 9.95. The molecule has 1 aromatic heterocycles. The van der Waals surface area contributed by atoms with E-state index in [9.17, 15) is 14.0 Å². The zero-order valence-electron chi connectivity index (χ0n) is 19.0. The summed E-state index contributed by atoms with van der Waals surface area (Å²) in [5.74, 6) is -0.171. The molecule has 1 aromatic carbocycles. The number of likely N-dealkylation sites (tertiary alicyclic amines) is 1. The molecule has 7 nitrogen and oxygen atoms in total. The number of aromatic nitrogens is 1. The van der Waals surface area contributed by atoms with Gasteiger partial charge in [-0.1, -0.05) is 0 Å². The van der Waals surface area contributed by atoms with Gasteiger partial charge in [0.25, 0.3) is 0 Å². The van der Waals surface area contributed by atoms with Gasteiger partial charge >= 0.3 is 6.09 Å². The zero-order valence-corrected chi connectivity index (χ0v) is 19.0. The topological polar surface area (TPSA) is 66.0 Å². The fraction of sp³-hybridized carbons (Fsp3) is 0.542. The van der Waals surface area contributed by atoms with Crippen LogP contribution >= 0.6 is 0 Å². The zero-order chi connectivity index (χ0) is 22.9. The second-order valence-electron chi connectivity index (χ2n) is 9.55. The van der Waals surface area contributed by atoms with Crippen LogP contribution in [0.1, 0.15) is 33.6 Å². The first kappa shape index (κ1) is 22.3. The first-order valence-corrected chi connectivity index (χ1v) is 11.3. The average Bonchev–Trinajstić information content (AvgIpc) is 2.77. The molecule has 2 aromatic rings. The molecule has 0 saturated carbocycles. The smallest absolute Gasteiger partial charge is 0.410 e. The summed E-state index contributed by atoms with van der Waals surface area (Å²) in [5.41, 5.74) is 1.14. The highest BCUT2D eigenvalue weighted by Crippen LogP contribution is 2.28. The summed E-state index contributed by atoms with van der Waals surface area (Å²) >= 11 is 0. The van der Waals surface area contributed by atoms with Crippen molar-refractivity contribution < 1.29 is 18.7 Å². The van der Waals surface area contributed by atoms with Gasteiger partial charge in [0.1, 0.15) is 11.4 Å². The van der Waals surface area contributed by atoms with Crippen molar-refractivity contribution in [2.45, 2.75) is 39.2 Å². The fourth-order valence-electron chi connectivity index (χ4n) is 4.44. The number of pyridine rings is 1. The van der Waals surface area contributed by atoms with Crippen molar-refractivity contribution in [1.29, 1.82) is 0 Å². The monoisotopic (exact) mass is 442 g/mol. The number of benzene rings is 1. The molecule has 4 rings (SSSR count). The molecule has 8 heteroatoms. The fourth-order valence-corrected chi connectivity index (χ4v) is 4.44. The highest BCUT2D eigenvalue weighted by molar-refractivity contribution is 5.91. The number of carbonyl (C=O) groups excluding carboxylic acids is 2. The maximum absolute atomic E-state index is 13.5. The van der Waals surface area contributed by atoms with Crippen molar-refractivity contribution in [3.05, 3.63) is 36.3 Å². The van der Waals surface area contributed by atoms with Gasteiger partial charge < -0.3 is 19.4 Å². The van der Waals surface area contributed by atoms with E-state index in [1.165, 1.54) is 12.1 Å². The van der Waals surface area contributed by atoms with E-state index in [0.717, 1.165) is 24.2 Å². The number of piperazine rings is 1. The molecule has 0 atom stereocenters. The predicted octanol–water partition coefficient (Wildman–Crippen LogP) is 3.67. The number of carbonyl (C=O) groups is 2. The first-order chi connectivity index (χ1) is 15.2. The highest BCUT2D eigenvalue weighted by atomic mass is 19.1. The largest absolute Gasteiger partial charge is 0.444 e. The summed E-state index contributed by atoms with van der Waals surface area (Å²) in [6.45, 7) is 9.40. The van der Waals surface area contributed by atoms with Gasteiger partial charge in [-0.05, 0) is 51.8 Å². The third kappa shape index (κ3) is 4.95. The second-order valence-corrected chi connectivity index (χ2v) is 9.55. The van der Waals surface area contributed by atoms with Crippen molar-refractivity contribution in [2.24, 2.45) is 5.92 Å². The Morgan fingerprint density at radius 2 is 1.69 bits per heavy atom. The van der Waals surface area contributed by atoms with Crippen molar-refractivity contribution in [3.63, 3.8) is 0 Å². The number of hydrogen-bond donors (Lipinski definition) is 0. The minimum absolute atomic E-state index is 0.0510. The van der Waals surface area contributed by atoms with Crippen molar-refractivity contribution in [2.75, 3.05) is 44.2 Å². The molecule has 2 aliphatic heterocycles. The van der Waals surface area contributed by atoms with Gasteiger partial charge in [0.15, 0.2) is 0 Å². The van der Waals surface area contributed by atoms with E-state index in [0.29, 0.717) is 44.5 Å². The number of hydrogen-bond acceptors (Lipinski definition) is 5. The third-order valence-corrected chi connectivity index (χ3v) is 6.11. The van der Waals surface area contributed by atoms with Crippen molar-refractivity contribution >= 4 is 28.6 Å². The average molecular weight is 443 g/mol. The minimum Gasteiger partial charge on any atom is -0.444 e. The predicted molar refractivity (Wildman–Crippen MR) is 121 cm³/mol. The molecule has 0 unspecified atom stereocenters. The van der Waals surface area contributed by atoms with Crippen LogP contribution in [0.15, 0.2) is 30.5 Å². The van der Waals surface area contributed by atoms with Crippen LogP contribution in [0.2, 0.25) is 0 Å². The van der Waals surface area contributed by atoms with Crippen LogP contribution in [-0.4, -0.2) is 71.7 Å². The summed E-state index contributed by atoms with van der Waals surface area (Å²) in [6, 6.07) is 6.62. The molecular weight excluding hydrogens is 411 g/mol. The van der Waals surface area contributed by atoms with E-state index in [2.05, 4.69) is 9.88 Å². The van der Waals surface area contributed by atoms with Crippen LogP contribution in [0.5, 0.6) is 0 Å². The van der Waals surface area contributed by atoms with Gasteiger partial charge in [-0.3, -0.25) is 9.78 Å². The van der Waals surface area contributed by atoms with Gasteiger partial charge in [0, 0.05) is 68.5 Å².